The van der Waals surface area contributed by atoms with Crippen LogP contribution >= 0.6 is 0 Å². The molecule has 0 saturated carbocycles. The summed E-state index contributed by atoms with van der Waals surface area (Å²) in [4.78, 5) is 14.5. The Morgan fingerprint density at radius 2 is 1.66 bits per heavy atom. The number of anilines is 2. The second-order valence-electron chi connectivity index (χ2n) is 8.00. The summed E-state index contributed by atoms with van der Waals surface area (Å²) >= 11 is 0. The Bertz CT molecular complexity index is 1250. The van der Waals surface area contributed by atoms with Gasteiger partial charge in [0.25, 0.3) is 10.0 Å². The topological polar surface area (TPSA) is 75.7 Å². The summed E-state index contributed by atoms with van der Waals surface area (Å²) in [6.07, 6.45) is 0.975. The predicted molar refractivity (Wildman–Crippen MR) is 126 cm³/mol. The van der Waals surface area contributed by atoms with E-state index >= 15 is 0 Å². The molecule has 7 heteroatoms. The van der Waals surface area contributed by atoms with Gasteiger partial charge in [0, 0.05) is 17.8 Å². The first-order chi connectivity index (χ1) is 15.3. The van der Waals surface area contributed by atoms with E-state index in [0.29, 0.717) is 30.8 Å². The van der Waals surface area contributed by atoms with Gasteiger partial charge in [-0.3, -0.25) is 9.52 Å². The van der Waals surface area contributed by atoms with E-state index in [1.54, 1.807) is 30.2 Å². The standard InChI is InChI=1S/C25H26N2O4S/c1-17-13-22(14-18(2)25(17)31-3)32(29,30)26-21-10-11-23-20(15-21)9-12-24(28)27(23)16-19-7-5-4-6-8-19/h4-8,10-11,13-15,26H,9,12,16H2,1-3H3. The molecule has 1 aliphatic heterocycles. The van der Waals surface area contributed by atoms with Crippen LogP contribution in [0.5, 0.6) is 5.75 Å². The molecule has 6 nitrogen and oxygen atoms in total. The van der Waals surface area contributed by atoms with Crippen LogP contribution in [-0.4, -0.2) is 21.4 Å². The number of hydrogen-bond acceptors (Lipinski definition) is 4. The number of nitrogens with one attached hydrogen (secondary N) is 1. The molecular formula is C25H26N2O4S. The summed E-state index contributed by atoms with van der Waals surface area (Å²) in [5, 5.41) is 0. The number of hydrogen-bond donors (Lipinski definition) is 1. The minimum absolute atomic E-state index is 0.0684. The van der Waals surface area contributed by atoms with Gasteiger partial charge < -0.3 is 9.64 Å². The lowest BCUT2D eigenvalue weighted by atomic mass is 10.00. The zero-order chi connectivity index (χ0) is 22.9. The van der Waals surface area contributed by atoms with E-state index in [2.05, 4.69) is 4.72 Å². The predicted octanol–water partition coefficient (Wildman–Crippen LogP) is 4.59. The molecule has 0 radical (unpaired) electrons. The molecule has 3 aromatic rings. The fourth-order valence-electron chi connectivity index (χ4n) is 4.16. The molecule has 0 bridgehead atoms. The van der Waals surface area contributed by atoms with Crippen molar-refractivity contribution in [3.8, 4) is 5.75 Å². The zero-order valence-electron chi connectivity index (χ0n) is 18.4. The lowest BCUT2D eigenvalue weighted by Crippen LogP contribution is -2.34. The Balaban J connectivity index is 1.61. The smallest absolute Gasteiger partial charge is 0.261 e. The van der Waals surface area contributed by atoms with Gasteiger partial charge in [-0.1, -0.05) is 30.3 Å². The molecule has 166 valence electrons. The highest BCUT2D eigenvalue weighted by molar-refractivity contribution is 7.92. The molecule has 0 spiro atoms. The molecule has 1 amide bonds. The molecule has 1 aliphatic rings. The van der Waals surface area contributed by atoms with Crippen LogP contribution in [0.4, 0.5) is 11.4 Å². The number of ether oxygens (including phenoxy) is 1. The normalized spacial score (nSPS) is 13.6. The summed E-state index contributed by atoms with van der Waals surface area (Å²) in [6, 6.07) is 18.4. The summed E-state index contributed by atoms with van der Waals surface area (Å²) in [7, 11) is -2.20. The second-order valence-corrected chi connectivity index (χ2v) is 9.69. The van der Waals surface area contributed by atoms with Gasteiger partial charge in [-0.25, -0.2) is 8.42 Å². The first kappa shape index (κ1) is 21.9. The second kappa shape index (κ2) is 8.67. The number of amides is 1. The van der Waals surface area contributed by atoms with Crippen LogP contribution in [-0.2, 0) is 27.8 Å². The Morgan fingerprint density at radius 3 is 2.31 bits per heavy atom. The zero-order valence-corrected chi connectivity index (χ0v) is 19.2. The first-order valence-electron chi connectivity index (χ1n) is 10.4. The Hall–Kier alpha value is -3.32. The maximum atomic E-state index is 13.0. The number of aryl methyl sites for hydroxylation is 3. The van der Waals surface area contributed by atoms with E-state index in [1.807, 2.05) is 56.3 Å². The van der Waals surface area contributed by atoms with E-state index in [-0.39, 0.29) is 10.8 Å². The van der Waals surface area contributed by atoms with Crippen LogP contribution in [0.25, 0.3) is 0 Å². The van der Waals surface area contributed by atoms with Crippen molar-refractivity contribution < 1.29 is 17.9 Å². The Morgan fingerprint density at radius 1 is 0.969 bits per heavy atom. The number of carbonyl (C=O) groups is 1. The monoisotopic (exact) mass is 450 g/mol. The van der Waals surface area contributed by atoms with Crippen molar-refractivity contribution >= 4 is 27.3 Å². The SMILES string of the molecule is COc1c(C)cc(S(=O)(=O)Nc2ccc3c(c2)CCC(=O)N3Cc2ccccc2)cc1C. The van der Waals surface area contributed by atoms with Gasteiger partial charge in [0.1, 0.15) is 5.75 Å². The Labute approximate surface area is 188 Å². The quantitative estimate of drug-likeness (QED) is 0.596. The van der Waals surface area contributed by atoms with Crippen LogP contribution in [0.2, 0.25) is 0 Å². The van der Waals surface area contributed by atoms with Gasteiger partial charge in [-0.2, -0.15) is 0 Å². The highest BCUT2D eigenvalue weighted by Crippen LogP contribution is 2.33. The highest BCUT2D eigenvalue weighted by atomic mass is 32.2. The maximum absolute atomic E-state index is 13.0. The number of carbonyl (C=O) groups excluding carboxylic acids is 1. The van der Waals surface area contributed by atoms with E-state index in [4.69, 9.17) is 4.74 Å². The van der Waals surface area contributed by atoms with Crippen LogP contribution < -0.4 is 14.4 Å². The van der Waals surface area contributed by atoms with E-state index in [1.165, 1.54) is 0 Å². The van der Waals surface area contributed by atoms with Crippen LogP contribution in [0.3, 0.4) is 0 Å². The van der Waals surface area contributed by atoms with Crippen LogP contribution in [0.15, 0.2) is 65.6 Å². The molecule has 32 heavy (non-hydrogen) atoms. The fourth-order valence-corrected chi connectivity index (χ4v) is 5.38. The average Bonchev–Trinajstić information content (AvgIpc) is 2.76. The molecule has 0 unspecified atom stereocenters. The van der Waals surface area contributed by atoms with Gasteiger partial charge in [-0.05, 0) is 72.9 Å². The molecule has 1 N–H and O–H groups in total. The van der Waals surface area contributed by atoms with E-state index in [0.717, 1.165) is 27.9 Å². The van der Waals surface area contributed by atoms with E-state index < -0.39 is 10.0 Å². The highest BCUT2D eigenvalue weighted by Gasteiger charge is 2.25. The van der Waals surface area contributed by atoms with Crippen molar-refractivity contribution in [2.75, 3.05) is 16.7 Å². The number of nitrogens with zero attached hydrogens (tertiary/aromatic N) is 1. The average molecular weight is 451 g/mol. The largest absolute Gasteiger partial charge is 0.496 e. The summed E-state index contributed by atoms with van der Waals surface area (Å²) in [5.74, 6) is 0.750. The lowest BCUT2D eigenvalue weighted by molar-refractivity contribution is -0.119. The van der Waals surface area contributed by atoms with Crippen molar-refractivity contribution in [1.82, 2.24) is 0 Å². The summed E-state index contributed by atoms with van der Waals surface area (Å²) < 4.78 is 34.0. The van der Waals surface area contributed by atoms with Crippen molar-refractivity contribution in [3.63, 3.8) is 0 Å². The summed E-state index contributed by atoms with van der Waals surface area (Å²) in [5.41, 5.74) is 4.81. The van der Waals surface area contributed by atoms with E-state index in [9.17, 15) is 13.2 Å². The fraction of sp³-hybridized carbons (Fsp3) is 0.240. The Kier molecular flexibility index (Phi) is 5.93. The van der Waals surface area contributed by atoms with Gasteiger partial charge in [0.15, 0.2) is 0 Å². The third-order valence-corrected chi connectivity index (χ3v) is 7.02. The third-order valence-electron chi connectivity index (χ3n) is 5.66. The van der Waals surface area contributed by atoms with Crippen molar-refractivity contribution in [2.24, 2.45) is 0 Å². The molecule has 3 aromatic carbocycles. The third kappa shape index (κ3) is 4.34. The minimum Gasteiger partial charge on any atom is -0.496 e. The van der Waals surface area contributed by atoms with Crippen molar-refractivity contribution in [1.29, 1.82) is 0 Å². The molecular weight excluding hydrogens is 424 g/mol. The molecule has 0 aromatic heterocycles. The van der Waals surface area contributed by atoms with Crippen molar-refractivity contribution in [2.45, 2.75) is 38.1 Å². The minimum atomic E-state index is -3.77. The van der Waals surface area contributed by atoms with Gasteiger partial charge in [0.2, 0.25) is 5.91 Å². The molecule has 0 saturated heterocycles. The van der Waals surface area contributed by atoms with Gasteiger partial charge in [0.05, 0.1) is 18.6 Å². The number of fused-ring (bicyclic) bond motifs is 1. The van der Waals surface area contributed by atoms with Crippen LogP contribution in [0, 0.1) is 13.8 Å². The number of rotatable bonds is 6. The maximum Gasteiger partial charge on any atom is 0.261 e. The lowest BCUT2D eigenvalue weighted by Gasteiger charge is -2.30. The van der Waals surface area contributed by atoms with Gasteiger partial charge >= 0.3 is 0 Å². The molecule has 0 fully saturated rings. The summed E-state index contributed by atoms with van der Waals surface area (Å²) in [6.45, 7) is 4.13. The first-order valence-corrected chi connectivity index (χ1v) is 11.9. The number of sulfonamides is 1. The molecule has 0 atom stereocenters. The molecule has 1 heterocycles. The molecule has 4 rings (SSSR count). The van der Waals surface area contributed by atoms with Gasteiger partial charge in [-0.15, -0.1) is 0 Å². The number of methoxy groups -OCH3 is 1. The van der Waals surface area contributed by atoms with Crippen LogP contribution in [0.1, 0.15) is 28.7 Å². The molecule has 0 aliphatic carbocycles. The van der Waals surface area contributed by atoms with Crippen molar-refractivity contribution in [3.05, 3.63) is 82.9 Å². The number of benzene rings is 3.